The summed E-state index contributed by atoms with van der Waals surface area (Å²) < 4.78 is 5.60. The molecule has 4 heteroatoms. The Hall–Kier alpha value is -0.610. The third-order valence-electron chi connectivity index (χ3n) is 3.89. The van der Waals surface area contributed by atoms with Crippen LogP contribution in [0.4, 0.5) is 0 Å². The van der Waals surface area contributed by atoms with Crippen molar-refractivity contribution in [3.8, 4) is 0 Å². The summed E-state index contributed by atoms with van der Waals surface area (Å²) >= 11 is 0. The van der Waals surface area contributed by atoms with Crippen LogP contribution in [0.3, 0.4) is 0 Å². The van der Waals surface area contributed by atoms with Gasteiger partial charge in [0.25, 0.3) is 0 Å². The Morgan fingerprint density at radius 3 is 2.68 bits per heavy atom. The molecule has 1 unspecified atom stereocenters. The van der Waals surface area contributed by atoms with Crippen molar-refractivity contribution in [1.29, 1.82) is 0 Å². The number of ether oxygens (including phenoxy) is 1. The largest absolute Gasteiger partial charge is 0.381 e. The monoisotopic (exact) mass is 270 g/mol. The van der Waals surface area contributed by atoms with Crippen LogP contribution in [0.15, 0.2) is 0 Å². The van der Waals surface area contributed by atoms with Gasteiger partial charge in [0.05, 0.1) is 5.54 Å². The van der Waals surface area contributed by atoms with Crippen LogP contribution in [0.2, 0.25) is 0 Å². The normalized spacial score (nSPS) is 18.2. The number of carbonyl (C=O) groups excluding carboxylic acids is 1. The van der Waals surface area contributed by atoms with Crippen molar-refractivity contribution in [2.24, 2.45) is 11.7 Å². The van der Waals surface area contributed by atoms with Gasteiger partial charge in [-0.1, -0.05) is 19.8 Å². The Morgan fingerprint density at radius 2 is 2.11 bits per heavy atom. The lowest BCUT2D eigenvalue weighted by Crippen LogP contribution is -2.53. The van der Waals surface area contributed by atoms with Gasteiger partial charge in [0.15, 0.2) is 0 Å². The minimum absolute atomic E-state index is 0.254. The molecule has 1 fully saturated rings. The highest BCUT2D eigenvalue weighted by Gasteiger charge is 2.29. The number of nitrogens with two attached hydrogens (primary N) is 1. The lowest BCUT2D eigenvalue weighted by Gasteiger charge is -2.27. The van der Waals surface area contributed by atoms with E-state index in [9.17, 15) is 4.79 Å². The van der Waals surface area contributed by atoms with Crippen LogP contribution >= 0.6 is 0 Å². The lowest BCUT2D eigenvalue weighted by atomic mass is 9.94. The molecule has 3 N–H and O–H groups in total. The molecule has 0 aromatic heterocycles. The van der Waals surface area contributed by atoms with Gasteiger partial charge >= 0.3 is 0 Å². The van der Waals surface area contributed by atoms with Crippen LogP contribution in [-0.4, -0.2) is 31.2 Å². The van der Waals surface area contributed by atoms with Crippen LogP contribution in [0.5, 0.6) is 0 Å². The molecule has 0 aromatic carbocycles. The minimum Gasteiger partial charge on any atom is -0.381 e. The van der Waals surface area contributed by atoms with Crippen molar-refractivity contribution in [3.63, 3.8) is 0 Å². The van der Waals surface area contributed by atoms with Crippen molar-refractivity contribution in [3.05, 3.63) is 0 Å². The molecule has 1 aliphatic carbocycles. The minimum atomic E-state index is -0.565. The van der Waals surface area contributed by atoms with E-state index in [1.54, 1.807) is 0 Å². The van der Waals surface area contributed by atoms with Crippen molar-refractivity contribution in [2.75, 3.05) is 19.8 Å². The van der Waals surface area contributed by atoms with Gasteiger partial charge in [-0.25, -0.2) is 0 Å². The first kappa shape index (κ1) is 16.4. The van der Waals surface area contributed by atoms with E-state index < -0.39 is 5.54 Å². The van der Waals surface area contributed by atoms with E-state index in [1.807, 2.05) is 6.92 Å². The van der Waals surface area contributed by atoms with Gasteiger partial charge in [-0.3, -0.25) is 4.79 Å². The standard InChI is InChI=1S/C15H30N2O2/c1-3-10-17-15(2,14(16)18)9-4-5-11-19-12-8-13-6-7-13/h13,17H,3-12H2,1-2H3,(H2,16,18). The maximum atomic E-state index is 11.5. The number of unbranched alkanes of at least 4 members (excludes halogenated alkanes) is 1. The molecule has 0 aromatic rings. The lowest BCUT2D eigenvalue weighted by molar-refractivity contribution is -0.124. The van der Waals surface area contributed by atoms with E-state index in [-0.39, 0.29) is 5.91 Å². The zero-order valence-electron chi connectivity index (χ0n) is 12.5. The molecule has 112 valence electrons. The van der Waals surface area contributed by atoms with E-state index in [4.69, 9.17) is 10.5 Å². The fourth-order valence-electron chi connectivity index (χ4n) is 2.14. The van der Waals surface area contributed by atoms with Crippen LogP contribution in [0, 0.1) is 5.92 Å². The molecule has 0 heterocycles. The number of primary amides is 1. The number of hydrogen-bond acceptors (Lipinski definition) is 3. The predicted octanol–water partition coefficient (Wildman–Crippen LogP) is 2.22. The summed E-state index contributed by atoms with van der Waals surface area (Å²) in [5, 5.41) is 3.26. The van der Waals surface area contributed by atoms with E-state index in [0.717, 1.165) is 51.4 Å². The van der Waals surface area contributed by atoms with Crippen molar-refractivity contribution in [1.82, 2.24) is 5.32 Å². The van der Waals surface area contributed by atoms with E-state index >= 15 is 0 Å². The van der Waals surface area contributed by atoms with Crippen LogP contribution in [0.1, 0.15) is 58.8 Å². The predicted molar refractivity (Wildman–Crippen MR) is 77.9 cm³/mol. The first-order valence-corrected chi connectivity index (χ1v) is 7.71. The summed E-state index contributed by atoms with van der Waals surface area (Å²) in [7, 11) is 0. The summed E-state index contributed by atoms with van der Waals surface area (Å²) in [6.07, 6.45) is 7.77. The molecule has 19 heavy (non-hydrogen) atoms. The molecular formula is C15H30N2O2. The third kappa shape index (κ3) is 6.92. The number of nitrogens with one attached hydrogen (secondary N) is 1. The Labute approximate surface area is 117 Å². The maximum Gasteiger partial charge on any atom is 0.237 e. The van der Waals surface area contributed by atoms with Crippen molar-refractivity contribution in [2.45, 2.75) is 64.3 Å². The average Bonchev–Trinajstić information content (AvgIpc) is 3.19. The number of carbonyl (C=O) groups is 1. The van der Waals surface area contributed by atoms with Gasteiger partial charge in [0.1, 0.15) is 0 Å². The van der Waals surface area contributed by atoms with E-state index in [0.29, 0.717) is 0 Å². The topological polar surface area (TPSA) is 64.3 Å². The maximum absolute atomic E-state index is 11.5. The summed E-state index contributed by atoms with van der Waals surface area (Å²) in [5.41, 5.74) is 4.92. The zero-order chi connectivity index (χ0) is 14.1. The summed E-state index contributed by atoms with van der Waals surface area (Å²) in [6.45, 7) is 6.51. The van der Waals surface area contributed by atoms with E-state index in [1.165, 1.54) is 19.3 Å². The highest BCUT2D eigenvalue weighted by Crippen LogP contribution is 2.32. The molecule has 1 aliphatic rings. The highest BCUT2D eigenvalue weighted by molar-refractivity contribution is 5.84. The molecule has 0 aliphatic heterocycles. The number of amides is 1. The van der Waals surface area contributed by atoms with Crippen LogP contribution in [-0.2, 0) is 9.53 Å². The second kappa shape index (κ2) is 8.54. The Kier molecular flexibility index (Phi) is 7.39. The molecule has 4 nitrogen and oxygen atoms in total. The quantitative estimate of drug-likeness (QED) is 0.534. The molecule has 1 atom stereocenters. The van der Waals surface area contributed by atoms with Gasteiger partial charge < -0.3 is 15.8 Å². The number of hydrogen-bond donors (Lipinski definition) is 2. The summed E-state index contributed by atoms with van der Waals surface area (Å²) in [6, 6.07) is 0. The first-order valence-electron chi connectivity index (χ1n) is 7.71. The van der Waals surface area contributed by atoms with Crippen LogP contribution in [0.25, 0.3) is 0 Å². The first-order chi connectivity index (χ1) is 9.08. The molecule has 0 saturated heterocycles. The molecule has 0 spiro atoms. The smallest absolute Gasteiger partial charge is 0.237 e. The highest BCUT2D eigenvalue weighted by atomic mass is 16.5. The molecular weight excluding hydrogens is 240 g/mol. The number of rotatable bonds is 12. The Bertz CT molecular complexity index is 267. The fourth-order valence-corrected chi connectivity index (χ4v) is 2.14. The average molecular weight is 270 g/mol. The molecule has 0 bridgehead atoms. The molecule has 1 rings (SSSR count). The third-order valence-corrected chi connectivity index (χ3v) is 3.89. The van der Waals surface area contributed by atoms with Gasteiger partial charge in [0, 0.05) is 13.2 Å². The van der Waals surface area contributed by atoms with Crippen molar-refractivity contribution >= 4 is 5.91 Å². The molecule has 0 radical (unpaired) electrons. The van der Waals surface area contributed by atoms with Gasteiger partial charge in [-0.05, 0) is 51.5 Å². The Morgan fingerprint density at radius 1 is 1.37 bits per heavy atom. The Balaban J connectivity index is 2.04. The zero-order valence-corrected chi connectivity index (χ0v) is 12.5. The summed E-state index contributed by atoms with van der Waals surface area (Å²) in [4.78, 5) is 11.5. The second-order valence-electron chi connectivity index (χ2n) is 5.92. The van der Waals surface area contributed by atoms with E-state index in [2.05, 4.69) is 12.2 Å². The van der Waals surface area contributed by atoms with Gasteiger partial charge in [-0.2, -0.15) is 0 Å². The molecule has 1 saturated carbocycles. The second-order valence-corrected chi connectivity index (χ2v) is 5.92. The van der Waals surface area contributed by atoms with Crippen LogP contribution < -0.4 is 11.1 Å². The fraction of sp³-hybridized carbons (Fsp3) is 0.933. The van der Waals surface area contributed by atoms with Crippen molar-refractivity contribution < 1.29 is 9.53 Å². The SMILES string of the molecule is CCCNC(C)(CCCCOCCC1CC1)C(N)=O. The van der Waals surface area contributed by atoms with Gasteiger partial charge in [-0.15, -0.1) is 0 Å². The summed E-state index contributed by atoms with van der Waals surface area (Å²) in [5.74, 6) is 0.687. The molecule has 1 amide bonds. The van der Waals surface area contributed by atoms with Gasteiger partial charge in [0.2, 0.25) is 5.91 Å².